The minimum atomic E-state index is 0.272. The Hall–Kier alpha value is -2.45. The van der Waals surface area contributed by atoms with Gasteiger partial charge in [-0.25, -0.2) is 0 Å². The van der Waals surface area contributed by atoms with Crippen LogP contribution in [0.1, 0.15) is 6.42 Å². The van der Waals surface area contributed by atoms with Crippen molar-refractivity contribution in [3.63, 3.8) is 0 Å². The number of fused-ring (bicyclic) bond motifs is 1. The minimum absolute atomic E-state index is 0.272. The second kappa shape index (κ2) is 5.68. The third-order valence-electron chi connectivity index (χ3n) is 2.67. The summed E-state index contributed by atoms with van der Waals surface area (Å²) < 4.78 is 5.35. The first-order valence-electron chi connectivity index (χ1n) is 6.13. The molecule has 4 nitrogen and oxygen atoms in total. The smallest absolute Gasteiger partial charge is 0.337 e. The van der Waals surface area contributed by atoms with Gasteiger partial charge in [0.15, 0.2) is 0 Å². The van der Waals surface area contributed by atoms with Gasteiger partial charge in [0.25, 0.3) is 0 Å². The molecule has 0 N–H and O–H groups in total. The molecule has 0 saturated heterocycles. The summed E-state index contributed by atoms with van der Waals surface area (Å²) in [6.07, 6.45) is 5.70. The van der Waals surface area contributed by atoms with E-state index < -0.39 is 0 Å². The van der Waals surface area contributed by atoms with Crippen molar-refractivity contribution in [2.75, 3.05) is 6.61 Å². The van der Waals surface area contributed by atoms with Crippen LogP contribution in [0.2, 0.25) is 0 Å². The van der Waals surface area contributed by atoms with E-state index in [0.717, 1.165) is 20.8 Å². The number of terminal acetylenes is 1. The van der Waals surface area contributed by atoms with E-state index in [4.69, 9.17) is 11.2 Å². The Morgan fingerprint density at radius 2 is 2.05 bits per heavy atom. The third-order valence-corrected chi connectivity index (χ3v) is 3.74. The first-order chi connectivity index (χ1) is 9.86. The highest BCUT2D eigenvalue weighted by atomic mass is 32.1. The zero-order valence-electron chi connectivity index (χ0n) is 10.6. The molecule has 3 rings (SSSR count). The minimum Gasteiger partial charge on any atom is -0.461 e. The summed E-state index contributed by atoms with van der Waals surface area (Å²) in [4.78, 5) is 6.28. The number of ether oxygens (including phenoxy) is 1. The van der Waals surface area contributed by atoms with Gasteiger partial charge < -0.3 is 4.74 Å². The second-order valence-corrected chi connectivity index (χ2v) is 5.09. The zero-order chi connectivity index (χ0) is 13.8. The van der Waals surface area contributed by atoms with Crippen molar-refractivity contribution in [2.24, 2.45) is 0 Å². The summed E-state index contributed by atoms with van der Waals surface area (Å²) in [6.45, 7) is 0.403. The molecule has 1 aromatic carbocycles. The monoisotopic (exact) mass is 281 g/mol. The second-order valence-electron chi connectivity index (χ2n) is 4.06. The van der Waals surface area contributed by atoms with E-state index in [0.29, 0.717) is 13.0 Å². The molecule has 2 heterocycles. The van der Waals surface area contributed by atoms with E-state index in [1.165, 1.54) is 0 Å². The third kappa shape index (κ3) is 2.60. The van der Waals surface area contributed by atoms with Gasteiger partial charge >= 0.3 is 6.01 Å². The van der Waals surface area contributed by atoms with Crippen LogP contribution in [0.5, 0.6) is 6.01 Å². The van der Waals surface area contributed by atoms with Gasteiger partial charge in [0, 0.05) is 11.3 Å². The Balaban J connectivity index is 1.90. The Labute approximate surface area is 120 Å². The van der Waals surface area contributed by atoms with E-state index in [1.807, 2.05) is 24.3 Å². The number of rotatable bonds is 4. The fourth-order valence-corrected chi connectivity index (χ4v) is 2.70. The fourth-order valence-electron chi connectivity index (χ4n) is 1.74. The van der Waals surface area contributed by atoms with E-state index in [9.17, 15) is 0 Å². The number of hydrogen-bond donors (Lipinski definition) is 0. The summed E-state index contributed by atoms with van der Waals surface area (Å²) >= 11 is 1.57. The molecule has 0 spiro atoms. The van der Waals surface area contributed by atoms with Crippen molar-refractivity contribution in [2.45, 2.75) is 6.42 Å². The van der Waals surface area contributed by atoms with Gasteiger partial charge in [-0.1, -0.05) is 35.4 Å². The predicted octanol–water partition coefficient (Wildman–Crippen LogP) is 3.16. The molecule has 0 aliphatic rings. The molecule has 0 aliphatic heterocycles. The average Bonchev–Trinajstić information content (AvgIpc) is 2.92. The van der Waals surface area contributed by atoms with Gasteiger partial charge in [0.1, 0.15) is 17.0 Å². The molecule has 98 valence electrons. The van der Waals surface area contributed by atoms with Crippen LogP contribution in [0.15, 0.2) is 36.4 Å². The quantitative estimate of drug-likeness (QED) is 0.544. The first kappa shape index (κ1) is 12.6. The Bertz CT molecular complexity index is 762. The van der Waals surface area contributed by atoms with Crippen molar-refractivity contribution in [1.29, 1.82) is 0 Å². The van der Waals surface area contributed by atoms with Crippen LogP contribution in [-0.2, 0) is 0 Å². The molecule has 0 unspecified atom stereocenters. The topological polar surface area (TPSA) is 47.9 Å². The zero-order valence-corrected chi connectivity index (χ0v) is 11.4. The molecular formula is C15H11N3OS. The number of nitrogens with zero attached hydrogens (tertiary/aromatic N) is 3. The molecule has 0 bridgehead atoms. The predicted molar refractivity (Wildman–Crippen MR) is 79.6 cm³/mol. The normalized spacial score (nSPS) is 10.3. The van der Waals surface area contributed by atoms with Gasteiger partial charge in [-0.2, -0.15) is 4.98 Å². The number of aromatic nitrogens is 3. The molecule has 5 heteroatoms. The summed E-state index contributed by atoms with van der Waals surface area (Å²) in [5.41, 5.74) is 1.92. The lowest BCUT2D eigenvalue weighted by molar-refractivity contribution is 0.298. The molecule has 0 amide bonds. The maximum atomic E-state index is 5.35. The van der Waals surface area contributed by atoms with E-state index in [2.05, 4.69) is 33.2 Å². The van der Waals surface area contributed by atoms with Crippen molar-refractivity contribution >= 4 is 21.7 Å². The van der Waals surface area contributed by atoms with Crippen LogP contribution >= 0.6 is 11.3 Å². The maximum absolute atomic E-state index is 5.35. The fraction of sp³-hybridized carbons (Fsp3) is 0.133. The maximum Gasteiger partial charge on any atom is 0.337 e. The molecule has 0 radical (unpaired) electrons. The molecule has 0 saturated carbocycles. The highest BCUT2D eigenvalue weighted by Crippen LogP contribution is 2.31. The van der Waals surface area contributed by atoms with Gasteiger partial charge in [0.2, 0.25) is 0 Å². The van der Waals surface area contributed by atoms with Crippen LogP contribution in [0.3, 0.4) is 0 Å². The lowest BCUT2D eigenvalue weighted by Crippen LogP contribution is -2.00. The molecule has 0 fully saturated rings. The molecule has 0 aliphatic carbocycles. The molecule has 0 atom stereocenters. The summed E-state index contributed by atoms with van der Waals surface area (Å²) in [5.74, 6) is 2.50. The van der Waals surface area contributed by atoms with E-state index in [-0.39, 0.29) is 6.01 Å². The summed E-state index contributed by atoms with van der Waals surface area (Å²) in [5, 5.41) is 8.07. The van der Waals surface area contributed by atoms with Crippen LogP contribution in [0, 0.1) is 12.3 Å². The van der Waals surface area contributed by atoms with Crippen molar-refractivity contribution in [3.8, 4) is 28.8 Å². The first-order valence-corrected chi connectivity index (χ1v) is 6.94. The van der Waals surface area contributed by atoms with Gasteiger partial charge in [-0.15, -0.1) is 28.8 Å². The molecule has 3 aromatic rings. The van der Waals surface area contributed by atoms with Gasteiger partial charge in [-0.3, -0.25) is 0 Å². The van der Waals surface area contributed by atoms with Crippen molar-refractivity contribution in [1.82, 2.24) is 15.2 Å². The van der Waals surface area contributed by atoms with E-state index >= 15 is 0 Å². The van der Waals surface area contributed by atoms with Crippen molar-refractivity contribution in [3.05, 3.63) is 36.4 Å². The standard InChI is InChI=1S/C15H11N3OS/c1-2-3-9-19-15-16-14-12(17-18-15)10-13(20-14)11-7-5-4-6-8-11/h1,4-8,10H,3,9H2. The highest BCUT2D eigenvalue weighted by molar-refractivity contribution is 7.21. The molecule has 20 heavy (non-hydrogen) atoms. The van der Waals surface area contributed by atoms with Crippen LogP contribution < -0.4 is 4.74 Å². The number of thiophene rings is 1. The highest BCUT2D eigenvalue weighted by Gasteiger charge is 2.08. The molecule has 2 aromatic heterocycles. The van der Waals surface area contributed by atoms with Crippen LogP contribution in [0.25, 0.3) is 20.8 Å². The largest absolute Gasteiger partial charge is 0.461 e. The summed E-state index contributed by atoms with van der Waals surface area (Å²) in [6, 6.07) is 12.4. The Morgan fingerprint density at radius 1 is 1.20 bits per heavy atom. The SMILES string of the molecule is C#CCCOc1nnc2cc(-c3ccccc3)sc2n1. The van der Waals surface area contributed by atoms with Crippen molar-refractivity contribution < 1.29 is 4.74 Å². The van der Waals surface area contributed by atoms with Crippen LogP contribution in [0.4, 0.5) is 0 Å². The number of hydrogen-bond acceptors (Lipinski definition) is 5. The average molecular weight is 281 g/mol. The summed E-state index contributed by atoms with van der Waals surface area (Å²) in [7, 11) is 0. The lowest BCUT2D eigenvalue weighted by Gasteiger charge is -1.99. The lowest BCUT2D eigenvalue weighted by atomic mass is 10.2. The van der Waals surface area contributed by atoms with Crippen LogP contribution in [-0.4, -0.2) is 21.8 Å². The number of benzene rings is 1. The van der Waals surface area contributed by atoms with Gasteiger partial charge in [-0.05, 0) is 11.6 Å². The Kier molecular flexibility index (Phi) is 3.57. The Morgan fingerprint density at radius 3 is 2.85 bits per heavy atom. The van der Waals surface area contributed by atoms with E-state index in [1.54, 1.807) is 11.3 Å². The molecular weight excluding hydrogens is 270 g/mol. The van der Waals surface area contributed by atoms with Gasteiger partial charge in [0.05, 0.1) is 0 Å².